The maximum atomic E-state index is 6.00. The predicted molar refractivity (Wildman–Crippen MR) is 109 cm³/mol. The number of hydrogen-bond donors (Lipinski definition) is 1. The molecule has 1 aliphatic heterocycles. The van der Waals surface area contributed by atoms with Crippen molar-refractivity contribution >= 4 is 27.5 Å². The highest BCUT2D eigenvalue weighted by molar-refractivity contribution is 7.21. The molecular weight excluding hydrogens is 360 g/mol. The highest BCUT2D eigenvalue weighted by Crippen LogP contribution is 2.31. The summed E-state index contributed by atoms with van der Waals surface area (Å²) in [5, 5.41) is 4.28. The van der Waals surface area contributed by atoms with Crippen LogP contribution in [0.5, 0.6) is 0 Å². The van der Waals surface area contributed by atoms with Gasteiger partial charge in [0.1, 0.15) is 5.76 Å². The third-order valence-electron chi connectivity index (χ3n) is 4.72. The number of hydrogen-bond acceptors (Lipinski definition) is 5. The average molecular weight is 385 g/mol. The van der Waals surface area contributed by atoms with Gasteiger partial charge in [-0.05, 0) is 30.7 Å². The van der Waals surface area contributed by atoms with Crippen LogP contribution in [-0.4, -0.2) is 49.7 Å². The summed E-state index contributed by atoms with van der Waals surface area (Å²) >= 11 is 1.65. The third kappa shape index (κ3) is 4.14. The highest BCUT2D eigenvalue weighted by Gasteiger charge is 2.19. The Morgan fingerprint density at radius 2 is 2.22 bits per heavy atom. The number of para-hydroxylation sites is 1. The van der Waals surface area contributed by atoms with Gasteiger partial charge in [0.2, 0.25) is 0 Å². The van der Waals surface area contributed by atoms with Crippen LogP contribution in [0, 0.1) is 5.92 Å². The first-order valence-corrected chi connectivity index (χ1v) is 9.99. The Morgan fingerprint density at radius 3 is 3.00 bits per heavy atom. The van der Waals surface area contributed by atoms with Crippen LogP contribution in [0.1, 0.15) is 12.2 Å². The summed E-state index contributed by atoms with van der Waals surface area (Å²) in [4.78, 5) is 11.2. The second-order valence-electron chi connectivity index (χ2n) is 6.76. The summed E-state index contributed by atoms with van der Waals surface area (Å²) in [6.07, 6.45) is 1.12. The van der Waals surface area contributed by atoms with Gasteiger partial charge < -0.3 is 19.4 Å². The zero-order valence-corrected chi connectivity index (χ0v) is 16.5. The zero-order valence-electron chi connectivity index (χ0n) is 15.6. The van der Waals surface area contributed by atoms with Gasteiger partial charge in [-0.25, -0.2) is 4.98 Å². The summed E-state index contributed by atoms with van der Waals surface area (Å²) in [5.74, 6) is 3.10. The van der Waals surface area contributed by atoms with Crippen LogP contribution < -0.4 is 5.32 Å². The Kier molecular flexibility index (Phi) is 5.40. The molecule has 2 aromatic heterocycles. The Bertz CT molecular complexity index is 894. The number of rotatable bonds is 5. The first-order valence-electron chi connectivity index (χ1n) is 9.17. The van der Waals surface area contributed by atoms with E-state index in [1.807, 2.05) is 30.3 Å². The van der Waals surface area contributed by atoms with E-state index >= 15 is 0 Å². The van der Waals surface area contributed by atoms with Gasteiger partial charge >= 0.3 is 0 Å². The number of fused-ring (bicyclic) bond motifs is 1. The smallest absolute Gasteiger partial charge is 0.193 e. The molecule has 27 heavy (non-hydrogen) atoms. The fraction of sp³-hybridized carbons (Fsp3) is 0.400. The number of benzene rings is 1. The third-order valence-corrected chi connectivity index (χ3v) is 5.77. The topological polar surface area (TPSA) is 62.9 Å². The number of furan rings is 1. The molecule has 0 aliphatic carbocycles. The molecule has 6 nitrogen and oxygen atoms in total. The summed E-state index contributed by atoms with van der Waals surface area (Å²) in [7, 11) is 3.86. The lowest BCUT2D eigenvalue weighted by atomic mass is 10.1. The molecular formula is C20H24N4O2S. The van der Waals surface area contributed by atoms with E-state index in [2.05, 4.69) is 33.3 Å². The zero-order chi connectivity index (χ0) is 18.6. The Labute approximate surface area is 162 Å². The Hall–Kier alpha value is -2.38. The van der Waals surface area contributed by atoms with Crippen molar-refractivity contribution in [2.24, 2.45) is 10.9 Å². The van der Waals surface area contributed by atoms with E-state index in [-0.39, 0.29) is 0 Å². The van der Waals surface area contributed by atoms with Crippen molar-refractivity contribution in [2.45, 2.75) is 13.0 Å². The van der Waals surface area contributed by atoms with E-state index in [4.69, 9.17) is 9.15 Å². The largest absolute Gasteiger partial charge is 0.457 e. The van der Waals surface area contributed by atoms with Gasteiger partial charge in [-0.3, -0.25) is 4.99 Å². The number of aromatic nitrogens is 1. The van der Waals surface area contributed by atoms with Gasteiger partial charge in [-0.2, -0.15) is 0 Å². The van der Waals surface area contributed by atoms with Crippen LogP contribution in [0.3, 0.4) is 0 Å². The van der Waals surface area contributed by atoms with Crippen LogP contribution in [0.2, 0.25) is 0 Å². The van der Waals surface area contributed by atoms with Crippen LogP contribution in [-0.2, 0) is 11.3 Å². The molecule has 0 amide bonds. The standard InChI is InChI=1S/C20H24N4O2S/c1-21-20(24(2)12-14-9-10-25-13-14)22-11-15-7-8-17(26-15)19-23-16-5-3-4-6-18(16)27-19/h3-8,14H,9-13H2,1-2H3,(H,21,22). The summed E-state index contributed by atoms with van der Waals surface area (Å²) < 4.78 is 12.6. The molecule has 142 valence electrons. The van der Waals surface area contributed by atoms with Crippen LogP contribution in [0.15, 0.2) is 45.8 Å². The molecule has 1 saturated heterocycles. The van der Waals surface area contributed by atoms with Gasteiger partial charge in [-0.1, -0.05) is 12.1 Å². The number of nitrogens with zero attached hydrogens (tertiary/aromatic N) is 3. The fourth-order valence-corrected chi connectivity index (χ4v) is 4.24. The number of aliphatic imine (C=N–C) groups is 1. The minimum Gasteiger partial charge on any atom is -0.457 e. The van der Waals surface area contributed by atoms with Crippen LogP contribution >= 0.6 is 11.3 Å². The maximum Gasteiger partial charge on any atom is 0.193 e. The van der Waals surface area contributed by atoms with E-state index in [0.717, 1.165) is 54.2 Å². The first kappa shape index (κ1) is 18.0. The van der Waals surface area contributed by atoms with Gasteiger partial charge in [-0.15, -0.1) is 11.3 Å². The van der Waals surface area contributed by atoms with Gasteiger partial charge in [0, 0.05) is 33.2 Å². The molecule has 4 rings (SSSR count). The highest BCUT2D eigenvalue weighted by atomic mass is 32.1. The van der Waals surface area contributed by atoms with E-state index in [9.17, 15) is 0 Å². The van der Waals surface area contributed by atoms with E-state index in [0.29, 0.717) is 12.5 Å². The van der Waals surface area contributed by atoms with Crippen molar-refractivity contribution in [3.05, 3.63) is 42.2 Å². The molecule has 0 saturated carbocycles. The number of ether oxygens (including phenoxy) is 1. The van der Waals surface area contributed by atoms with E-state index in [1.54, 1.807) is 18.4 Å². The average Bonchev–Trinajstić information content (AvgIpc) is 3.42. The number of nitrogens with one attached hydrogen (secondary N) is 1. The molecule has 3 aromatic rings. The normalized spacial score (nSPS) is 17.6. The fourth-order valence-electron chi connectivity index (χ4n) is 3.32. The molecule has 1 aromatic carbocycles. The minimum atomic E-state index is 0.572. The molecule has 0 radical (unpaired) electrons. The quantitative estimate of drug-likeness (QED) is 0.538. The lowest BCUT2D eigenvalue weighted by molar-refractivity contribution is 0.181. The van der Waals surface area contributed by atoms with Crippen molar-refractivity contribution in [2.75, 3.05) is 33.9 Å². The van der Waals surface area contributed by atoms with Gasteiger partial charge in [0.15, 0.2) is 16.7 Å². The lowest BCUT2D eigenvalue weighted by Crippen LogP contribution is -2.41. The van der Waals surface area contributed by atoms with Gasteiger partial charge in [0.05, 0.1) is 23.4 Å². The number of thiazole rings is 1. The lowest BCUT2D eigenvalue weighted by Gasteiger charge is -2.24. The minimum absolute atomic E-state index is 0.572. The van der Waals surface area contributed by atoms with Crippen molar-refractivity contribution < 1.29 is 9.15 Å². The molecule has 1 fully saturated rings. The Balaban J connectivity index is 1.38. The van der Waals surface area contributed by atoms with Crippen molar-refractivity contribution in [3.63, 3.8) is 0 Å². The Morgan fingerprint density at radius 1 is 1.33 bits per heavy atom. The molecule has 3 heterocycles. The van der Waals surface area contributed by atoms with Crippen molar-refractivity contribution in [1.29, 1.82) is 0 Å². The molecule has 1 atom stereocenters. The van der Waals surface area contributed by atoms with E-state index < -0.39 is 0 Å². The predicted octanol–water partition coefficient (Wildman–Crippen LogP) is 3.60. The molecule has 1 unspecified atom stereocenters. The second kappa shape index (κ2) is 8.10. The first-order chi connectivity index (χ1) is 13.2. The molecule has 7 heteroatoms. The van der Waals surface area contributed by atoms with Crippen molar-refractivity contribution in [3.8, 4) is 10.8 Å². The summed E-state index contributed by atoms with van der Waals surface area (Å²) in [6, 6.07) is 12.1. The molecule has 0 spiro atoms. The number of guanidine groups is 1. The maximum absolute atomic E-state index is 6.00. The second-order valence-corrected chi connectivity index (χ2v) is 7.79. The van der Waals surface area contributed by atoms with E-state index in [1.165, 1.54) is 4.70 Å². The molecule has 0 bridgehead atoms. The van der Waals surface area contributed by atoms with Gasteiger partial charge in [0.25, 0.3) is 0 Å². The van der Waals surface area contributed by atoms with Crippen LogP contribution in [0.4, 0.5) is 0 Å². The SMILES string of the molecule is CN=C(NCc1ccc(-c2nc3ccccc3s2)o1)N(C)CC1CCOC1. The summed E-state index contributed by atoms with van der Waals surface area (Å²) in [5.41, 5.74) is 1.01. The summed E-state index contributed by atoms with van der Waals surface area (Å²) in [6.45, 7) is 3.23. The van der Waals surface area contributed by atoms with Crippen LogP contribution in [0.25, 0.3) is 21.0 Å². The molecule has 1 aliphatic rings. The monoisotopic (exact) mass is 384 g/mol. The van der Waals surface area contributed by atoms with Crippen molar-refractivity contribution in [1.82, 2.24) is 15.2 Å². The molecule has 1 N–H and O–H groups in total.